The van der Waals surface area contributed by atoms with E-state index in [1.807, 2.05) is 63.4 Å². The molecule has 1 heterocycles. The Labute approximate surface area is 161 Å². The molecular weight excluding hydrogens is 342 g/mol. The Morgan fingerprint density at radius 2 is 1.89 bits per heavy atom. The normalized spacial score (nSPS) is 21.3. The summed E-state index contributed by atoms with van der Waals surface area (Å²) >= 11 is 0. The first kappa shape index (κ1) is 19.8. The van der Waals surface area contributed by atoms with Gasteiger partial charge in [0.05, 0.1) is 13.2 Å². The van der Waals surface area contributed by atoms with Crippen molar-refractivity contribution in [1.82, 2.24) is 0 Å². The van der Waals surface area contributed by atoms with Crippen LogP contribution < -0.4 is 5.32 Å². The molecule has 27 heavy (non-hydrogen) atoms. The van der Waals surface area contributed by atoms with Gasteiger partial charge in [-0.2, -0.15) is 0 Å². The number of hydrogen-bond donors (Lipinski definition) is 2. The summed E-state index contributed by atoms with van der Waals surface area (Å²) in [5, 5.41) is 12.4. The molecule has 2 N–H and O–H groups in total. The van der Waals surface area contributed by atoms with E-state index in [0.717, 1.165) is 22.4 Å². The van der Waals surface area contributed by atoms with Crippen LogP contribution in [0.5, 0.6) is 0 Å². The molecule has 0 amide bonds. The molecule has 5 nitrogen and oxygen atoms in total. The van der Waals surface area contributed by atoms with Crippen molar-refractivity contribution in [3.05, 3.63) is 65.2 Å². The summed E-state index contributed by atoms with van der Waals surface area (Å²) < 4.78 is 18.2. The van der Waals surface area contributed by atoms with Crippen molar-refractivity contribution >= 4 is 5.69 Å². The molecule has 1 fully saturated rings. The average Bonchev–Trinajstić information content (AvgIpc) is 2.98. The molecule has 0 radical (unpaired) electrons. The zero-order valence-corrected chi connectivity index (χ0v) is 16.3. The van der Waals surface area contributed by atoms with Gasteiger partial charge in [0.1, 0.15) is 12.2 Å². The van der Waals surface area contributed by atoms with Gasteiger partial charge in [-0.1, -0.05) is 42.5 Å². The Kier molecular flexibility index (Phi) is 6.50. The predicted octanol–water partition coefficient (Wildman–Crippen LogP) is 3.67. The molecule has 3 rings (SSSR count). The molecular formula is C22H29NO4. The van der Waals surface area contributed by atoms with Crippen molar-refractivity contribution in [1.29, 1.82) is 0 Å². The van der Waals surface area contributed by atoms with Gasteiger partial charge in [0.2, 0.25) is 0 Å². The van der Waals surface area contributed by atoms with Gasteiger partial charge in [-0.25, -0.2) is 0 Å². The summed E-state index contributed by atoms with van der Waals surface area (Å²) in [6.45, 7) is 4.98. The van der Waals surface area contributed by atoms with E-state index in [0.29, 0.717) is 19.6 Å². The standard InChI is InChI=1S/C22H29NO4/c1-22(2)26-20(15-25-14-16-7-5-4-6-8-16)21(27-22)18-10-9-17(11-12-24)19(13-18)23-3/h4-10,13,20-21,23-24H,11-12,14-15H2,1-3H3. The lowest BCUT2D eigenvalue weighted by atomic mass is 10.00. The molecule has 2 atom stereocenters. The van der Waals surface area contributed by atoms with Gasteiger partial charge in [0.15, 0.2) is 5.79 Å². The molecule has 1 aliphatic rings. The lowest BCUT2D eigenvalue weighted by Crippen LogP contribution is -2.24. The minimum absolute atomic E-state index is 0.125. The van der Waals surface area contributed by atoms with Crippen LogP contribution in [0.4, 0.5) is 5.69 Å². The lowest BCUT2D eigenvalue weighted by Gasteiger charge is -2.19. The van der Waals surface area contributed by atoms with Crippen LogP contribution in [0.3, 0.4) is 0 Å². The van der Waals surface area contributed by atoms with Gasteiger partial charge in [0, 0.05) is 19.3 Å². The van der Waals surface area contributed by atoms with Crippen LogP contribution >= 0.6 is 0 Å². The minimum Gasteiger partial charge on any atom is -0.396 e. The quantitative estimate of drug-likeness (QED) is 0.741. The number of hydrogen-bond acceptors (Lipinski definition) is 5. The van der Waals surface area contributed by atoms with Crippen molar-refractivity contribution in [2.45, 2.75) is 44.9 Å². The van der Waals surface area contributed by atoms with Gasteiger partial charge in [-0.15, -0.1) is 0 Å². The fraction of sp³-hybridized carbons (Fsp3) is 0.455. The van der Waals surface area contributed by atoms with E-state index in [2.05, 4.69) is 11.4 Å². The van der Waals surface area contributed by atoms with Crippen molar-refractivity contribution in [3.8, 4) is 0 Å². The summed E-state index contributed by atoms with van der Waals surface area (Å²) in [6, 6.07) is 16.3. The third-order valence-corrected chi connectivity index (χ3v) is 4.69. The van der Waals surface area contributed by atoms with Crippen LogP contribution in [0.2, 0.25) is 0 Å². The smallest absolute Gasteiger partial charge is 0.164 e. The molecule has 0 bridgehead atoms. The molecule has 0 saturated carbocycles. The molecule has 2 unspecified atom stereocenters. The largest absolute Gasteiger partial charge is 0.396 e. The number of anilines is 1. The fourth-order valence-electron chi connectivity index (χ4n) is 3.45. The number of ether oxygens (including phenoxy) is 3. The predicted molar refractivity (Wildman–Crippen MR) is 106 cm³/mol. The van der Waals surface area contributed by atoms with Crippen LogP contribution in [-0.4, -0.2) is 37.3 Å². The number of nitrogens with one attached hydrogen (secondary N) is 1. The minimum atomic E-state index is -0.658. The topological polar surface area (TPSA) is 60.0 Å². The summed E-state index contributed by atoms with van der Waals surface area (Å²) in [6.07, 6.45) is 0.233. The summed E-state index contributed by atoms with van der Waals surface area (Å²) in [5.74, 6) is -0.658. The molecule has 2 aromatic carbocycles. The van der Waals surface area contributed by atoms with Crippen molar-refractivity contribution in [2.75, 3.05) is 25.6 Å². The van der Waals surface area contributed by atoms with Gasteiger partial charge in [0.25, 0.3) is 0 Å². The van der Waals surface area contributed by atoms with Gasteiger partial charge < -0.3 is 24.6 Å². The highest BCUT2D eigenvalue weighted by atomic mass is 16.8. The second kappa shape index (κ2) is 8.85. The first-order valence-corrected chi connectivity index (χ1v) is 9.41. The van der Waals surface area contributed by atoms with Gasteiger partial charge >= 0.3 is 0 Å². The van der Waals surface area contributed by atoms with Crippen molar-refractivity contribution in [2.24, 2.45) is 0 Å². The molecule has 0 spiro atoms. The molecule has 1 aliphatic heterocycles. The Bertz CT molecular complexity index is 732. The van der Waals surface area contributed by atoms with Crippen molar-refractivity contribution < 1.29 is 19.3 Å². The highest BCUT2D eigenvalue weighted by molar-refractivity contribution is 5.53. The van der Waals surface area contributed by atoms with E-state index in [4.69, 9.17) is 14.2 Å². The number of rotatable bonds is 8. The Morgan fingerprint density at radius 3 is 2.59 bits per heavy atom. The zero-order chi connectivity index (χ0) is 19.3. The summed E-state index contributed by atoms with van der Waals surface area (Å²) in [4.78, 5) is 0. The molecule has 0 aromatic heterocycles. The van der Waals surface area contributed by atoms with Crippen LogP contribution in [-0.2, 0) is 27.2 Å². The molecule has 0 aliphatic carbocycles. The Morgan fingerprint density at radius 1 is 1.11 bits per heavy atom. The first-order chi connectivity index (χ1) is 13.0. The molecule has 1 saturated heterocycles. The second-order valence-corrected chi connectivity index (χ2v) is 7.24. The van der Waals surface area contributed by atoms with Crippen LogP contribution in [0, 0.1) is 0 Å². The average molecular weight is 371 g/mol. The van der Waals surface area contributed by atoms with Gasteiger partial charge in [-0.05, 0) is 43.0 Å². The van der Waals surface area contributed by atoms with E-state index >= 15 is 0 Å². The molecule has 5 heteroatoms. The third kappa shape index (κ3) is 5.08. The maximum Gasteiger partial charge on any atom is 0.164 e. The van der Waals surface area contributed by atoms with Crippen LogP contribution in [0.25, 0.3) is 0 Å². The van der Waals surface area contributed by atoms with E-state index in [-0.39, 0.29) is 18.8 Å². The molecule has 2 aromatic rings. The highest BCUT2D eigenvalue weighted by Gasteiger charge is 2.42. The van der Waals surface area contributed by atoms with E-state index in [9.17, 15) is 5.11 Å². The fourth-order valence-corrected chi connectivity index (χ4v) is 3.45. The summed E-state index contributed by atoms with van der Waals surface area (Å²) in [7, 11) is 1.89. The summed E-state index contributed by atoms with van der Waals surface area (Å²) in [5.41, 5.74) is 4.26. The zero-order valence-electron chi connectivity index (χ0n) is 16.3. The third-order valence-electron chi connectivity index (χ3n) is 4.69. The number of aliphatic hydroxyl groups excluding tert-OH is 1. The maximum absolute atomic E-state index is 9.23. The molecule has 146 valence electrons. The first-order valence-electron chi connectivity index (χ1n) is 9.41. The maximum atomic E-state index is 9.23. The Hall–Kier alpha value is -1.92. The van der Waals surface area contributed by atoms with E-state index < -0.39 is 5.79 Å². The van der Waals surface area contributed by atoms with E-state index in [1.54, 1.807) is 0 Å². The van der Waals surface area contributed by atoms with E-state index in [1.165, 1.54) is 0 Å². The SMILES string of the molecule is CNc1cc(C2OC(C)(C)OC2COCc2ccccc2)ccc1CCO. The lowest BCUT2D eigenvalue weighted by molar-refractivity contribution is -0.151. The van der Waals surface area contributed by atoms with Crippen LogP contribution in [0.15, 0.2) is 48.5 Å². The number of aliphatic hydroxyl groups is 1. The van der Waals surface area contributed by atoms with Crippen molar-refractivity contribution in [3.63, 3.8) is 0 Å². The van der Waals surface area contributed by atoms with Gasteiger partial charge in [-0.3, -0.25) is 0 Å². The van der Waals surface area contributed by atoms with Crippen LogP contribution in [0.1, 0.15) is 36.6 Å². The Balaban J connectivity index is 1.71. The number of benzene rings is 2. The second-order valence-electron chi connectivity index (χ2n) is 7.24. The highest BCUT2D eigenvalue weighted by Crippen LogP contribution is 2.39. The monoisotopic (exact) mass is 371 g/mol.